The summed E-state index contributed by atoms with van der Waals surface area (Å²) in [6.07, 6.45) is 3.00. The average Bonchev–Trinajstić information content (AvgIpc) is 3.29. The Morgan fingerprint density at radius 1 is 0.821 bits per heavy atom. The van der Waals surface area contributed by atoms with Gasteiger partial charge < -0.3 is 9.73 Å². The van der Waals surface area contributed by atoms with Crippen LogP contribution >= 0.6 is 0 Å². The highest BCUT2D eigenvalue weighted by atomic mass is 16.3. The fourth-order valence-electron chi connectivity index (χ4n) is 2.57. The summed E-state index contributed by atoms with van der Waals surface area (Å²) in [6, 6.07) is 23.8. The van der Waals surface area contributed by atoms with Gasteiger partial charge in [0.2, 0.25) is 0 Å². The summed E-state index contributed by atoms with van der Waals surface area (Å²) < 4.78 is 5.25. The highest BCUT2D eigenvalue weighted by Gasteiger charge is 2.08. The molecule has 0 aliphatic heterocycles. The van der Waals surface area contributed by atoms with E-state index in [-0.39, 0.29) is 5.91 Å². The molecule has 136 valence electrons. The van der Waals surface area contributed by atoms with Crippen molar-refractivity contribution in [3.05, 3.63) is 97.0 Å². The lowest BCUT2D eigenvalue weighted by atomic mass is 10.1. The molecule has 0 fully saturated rings. The molecular weight excluding hydrogens is 352 g/mol. The maximum absolute atomic E-state index is 12.4. The number of azo groups is 1. The van der Waals surface area contributed by atoms with Crippen molar-refractivity contribution in [3.63, 3.8) is 0 Å². The third-order valence-electron chi connectivity index (χ3n) is 4.03. The molecule has 0 aliphatic rings. The summed E-state index contributed by atoms with van der Waals surface area (Å²) in [7, 11) is 0. The molecule has 6 nitrogen and oxygen atoms in total. The molecule has 0 radical (unpaired) electrons. The molecule has 4 aromatic rings. The number of carbonyl (C=O) groups excluding carboxylic acids is 1. The van der Waals surface area contributed by atoms with Crippen molar-refractivity contribution in [1.82, 2.24) is 4.98 Å². The van der Waals surface area contributed by atoms with Crippen LogP contribution in [0.5, 0.6) is 0 Å². The first-order chi connectivity index (χ1) is 13.8. The third kappa shape index (κ3) is 4.19. The van der Waals surface area contributed by atoms with Crippen molar-refractivity contribution in [2.24, 2.45) is 10.2 Å². The highest BCUT2D eigenvalue weighted by Crippen LogP contribution is 2.22. The lowest BCUT2D eigenvalue weighted by molar-refractivity contribution is 0.102. The van der Waals surface area contributed by atoms with E-state index in [1.165, 1.54) is 6.39 Å². The lowest BCUT2D eigenvalue weighted by Gasteiger charge is -2.06. The minimum absolute atomic E-state index is 0.192. The van der Waals surface area contributed by atoms with Crippen LogP contribution in [0.15, 0.2) is 106 Å². The van der Waals surface area contributed by atoms with Gasteiger partial charge in [0.1, 0.15) is 0 Å². The summed E-state index contributed by atoms with van der Waals surface area (Å²) in [5.74, 6) is 0.468. The van der Waals surface area contributed by atoms with Gasteiger partial charge in [0.25, 0.3) is 5.91 Å². The van der Waals surface area contributed by atoms with Gasteiger partial charge in [-0.2, -0.15) is 10.2 Å². The van der Waals surface area contributed by atoms with Crippen molar-refractivity contribution in [3.8, 4) is 11.3 Å². The monoisotopic (exact) mass is 368 g/mol. The van der Waals surface area contributed by atoms with Crippen molar-refractivity contribution in [2.45, 2.75) is 0 Å². The van der Waals surface area contributed by atoms with E-state index >= 15 is 0 Å². The Bertz CT molecular complexity index is 1070. The average molecular weight is 368 g/mol. The minimum atomic E-state index is -0.192. The molecule has 6 heteroatoms. The Balaban J connectivity index is 1.40. The molecule has 0 aliphatic carbocycles. The van der Waals surface area contributed by atoms with Gasteiger partial charge in [-0.1, -0.05) is 30.3 Å². The highest BCUT2D eigenvalue weighted by molar-refractivity contribution is 6.04. The largest absolute Gasteiger partial charge is 0.444 e. The lowest BCUT2D eigenvalue weighted by Crippen LogP contribution is -2.11. The first-order valence-corrected chi connectivity index (χ1v) is 8.65. The van der Waals surface area contributed by atoms with E-state index in [1.807, 2.05) is 42.5 Å². The Morgan fingerprint density at radius 3 is 2.14 bits per heavy atom. The molecule has 1 amide bonds. The second kappa shape index (κ2) is 8.09. The molecule has 0 saturated heterocycles. The predicted molar refractivity (Wildman–Crippen MR) is 107 cm³/mol. The number of carbonyl (C=O) groups is 1. The van der Waals surface area contributed by atoms with E-state index in [4.69, 9.17) is 4.42 Å². The molecule has 0 spiro atoms. The van der Waals surface area contributed by atoms with Crippen LogP contribution < -0.4 is 5.32 Å². The van der Waals surface area contributed by atoms with E-state index in [0.29, 0.717) is 22.7 Å². The number of oxazole rings is 1. The van der Waals surface area contributed by atoms with Gasteiger partial charge in [-0.15, -0.1) is 0 Å². The summed E-state index contributed by atoms with van der Waals surface area (Å²) in [5.41, 5.74) is 3.59. The molecule has 1 heterocycles. The summed E-state index contributed by atoms with van der Waals surface area (Å²) in [4.78, 5) is 16.3. The topological polar surface area (TPSA) is 79.9 Å². The number of hydrogen-bond acceptors (Lipinski definition) is 5. The molecule has 4 rings (SSSR count). The van der Waals surface area contributed by atoms with Crippen molar-refractivity contribution in [2.75, 3.05) is 5.32 Å². The molecule has 1 aromatic heterocycles. The van der Waals surface area contributed by atoms with Crippen LogP contribution in [0.2, 0.25) is 0 Å². The van der Waals surface area contributed by atoms with Crippen LogP contribution in [0, 0.1) is 0 Å². The van der Waals surface area contributed by atoms with Gasteiger partial charge in [-0.3, -0.25) is 4.79 Å². The normalized spacial score (nSPS) is 10.9. The summed E-state index contributed by atoms with van der Waals surface area (Å²) in [6.45, 7) is 0. The number of hydrogen-bond donors (Lipinski definition) is 1. The van der Waals surface area contributed by atoms with E-state index in [1.54, 1.807) is 42.6 Å². The maximum atomic E-state index is 12.4. The van der Waals surface area contributed by atoms with Gasteiger partial charge in [0.15, 0.2) is 12.2 Å². The molecule has 1 N–H and O–H groups in total. The van der Waals surface area contributed by atoms with Crippen LogP contribution in [0.4, 0.5) is 17.1 Å². The zero-order valence-electron chi connectivity index (χ0n) is 14.8. The molecule has 3 aromatic carbocycles. The van der Waals surface area contributed by atoms with Gasteiger partial charge in [0, 0.05) is 16.8 Å². The van der Waals surface area contributed by atoms with E-state index < -0.39 is 0 Å². The van der Waals surface area contributed by atoms with E-state index in [2.05, 4.69) is 20.5 Å². The SMILES string of the molecule is O=C(Nc1ccc(N=Nc2ccccc2)cc1)c1ccc(-c2cnco2)cc1. The second-order valence-electron chi connectivity index (χ2n) is 5.98. The molecule has 0 bridgehead atoms. The Morgan fingerprint density at radius 2 is 1.50 bits per heavy atom. The number of nitrogens with one attached hydrogen (secondary N) is 1. The number of benzene rings is 3. The maximum Gasteiger partial charge on any atom is 0.255 e. The Kier molecular flexibility index (Phi) is 5.02. The minimum Gasteiger partial charge on any atom is -0.444 e. The van der Waals surface area contributed by atoms with Crippen LogP contribution in [0.25, 0.3) is 11.3 Å². The van der Waals surface area contributed by atoms with Crippen molar-refractivity contribution in [1.29, 1.82) is 0 Å². The van der Waals surface area contributed by atoms with Gasteiger partial charge >= 0.3 is 0 Å². The number of anilines is 1. The first kappa shape index (κ1) is 17.4. The zero-order chi connectivity index (χ0) is 19.2. The van der Waals surface area contributed by atoms with Crippen LogP contribution in [0.1, 0.15) is 10.4 Å². The first-order valence-electron chi connectivity index (χ1n) is 8.65. The predicted octanol–water partition coefficient (Wildman–Crippen LogP) is 6.01. The third-order valence-corrected chi connectivity index (χ3v) is 4.03. The number of nitrogens with zero attached hydrogens (tertiary/aromatic N) is 3. The fourth-order valence-corrected chi connectivity index (χ4v) is 2.57. The molecule has 0 saturated carbocycles. The number of aromatic nitrogens is 1. The van der Waals surface area contributed by atoms with Gasteiger partial charge in [-0.25, -0.2) is 4.98 Å². The quantitative estimate of drug-likeness (QED) is 0.438. The van der Waals surface area contributed by atoms with Crippen molar-refractivity contribution < 1.29 is 9.21 Å². The molecule has 0 unspecified atom stereocenters. The van der Waals surface area contributed by atoms with Gasteiger partial charge in [-0.05, 0) is 48.5 Å². The molecule has 0 atom stereocenters. The second-order valence-corrected chi connectivity index (χ2v) is 5.98. The van der Waals surface area contributed by atoms with Crippen LogP contribution in [-0.2, 0) is 0 Å². The molecular formula is C22H16N4O2. The van der Waals surface area contributed by atoms with Gasteiger partial charge in [0.05, 0.1) is 17.6 Å². The summed E-state index contributed by atoms with van der Waals surface area (Å²) in [5, 5.41) is 11.2. The fraction of sp³-hybridized carbons (Fsp3) is 0. The number of amides is 1. The standard InChI is InChI=1S/C22H16N4O2/c27-22(17-8-6-16(7-9-17)21-14-23-15-28-21)24-18-10-12-20(13-11-18)26-25-19-4-2-1-3-5-19/h1-15H,(H,24,27). The number of rotatable bonds is 5. The van der Waals surface area contributed by atoms with Crippen molar-refractivity contribution >= 4 is 23.0 Å². The smallest absolute Gasteiger partial charge is 0.255 e. The van der Waals surface area contributed by atoms with E-state index in [9.17, 15) is 4.79 Å². The summed E-state index contributed by atoms with van der Waals surface area (Å²) >= 11 is 0. The Hall–Kier alpha value is -4.06. The zero-order valence-corrected chi connectivity index (χ0v) is 14.8. The molecule has 28 heavy (non-hydrogen) atoms. The van der Waals surface area contributed by atoms with E-state index in [0.717, 1.165) is 11.3 Å². The Labute approximate surface area is 161 Å². The van der Waals surface area contributed by atoms with Crippen LogP contribution in [0.3, 0.4) is 0 Å². The van der Waals surface area contributed by atoms with Crippen LogP contribution in [-0.4, -0.2) is 10.9 Å².